The maximum atomic E-state index is 10.2. The fraction of sp³-hybridized carbons (Fsp3) is 0.750. The van der Waals surface area contributed by atoms with E-state index in [0.29, 0.717) is 6.26 Å². The second-order valence-electron chi connectivity index (χ2n) is 2.30. The fourth-order valence-corrected chi connectivity index (χ4v) is 0.952. The Morgan fingerprint density at radius 2 is 1.80 bits per heavy atom. The van der Waals surface area contributed by atoms with Crippen LogP contribution in [0.5, 0.6) is 0 Å². The number of nitrogens with two attached hydrogens (primary N) is 1. The number of hydrogen-bond acceptors (Lipinski definition) is 5. The lowest BCUT2D eigenvalue weighted by molar-refractivity contribution is 0.490. The molecule has 0 heterocycles. The molecular formula is C4H12ClN3O5S2. The average molecular weight is 282 g/mol. The molecule has 15 heavy (non-hydrogen) atoms. The van der Waals surface area contributed by atoms with Crippen molar-refractivity contribution in [2.24, 2.45) is 5.14 Å². The number of amidine groups is 1. The van der Waals surface area contributed by atoms with Crippen LogP contribution in [0.4, 0.5) is 0 Å². The van der Waals surface area contributed by atoms with E-state index in [9.17, 15) is 16.8 Å². The SMILES string of the molecule is CS(=O)(=O)O.N=C(CCCl)NS(N)(=O)=O. The van der Waals surface area contributed by atoms with Crippen molar-refractivity contribution in [3.05, 3.63) is 0 Å². The van der Waals surface area contributed by atoms with Crippen molar-refractivity contribution in [3.63, 3.8) is 0 Å². The molecule has 0 amide bonds. The van der Waals surface area contributed by atoms with E-state index in [-0.39, 0.29) is 18.1 Å². The van der Waals surface area contributed by atoms with Crippen LogP contribution >= 0.6 is 11.6 Å². The predicted molar refractivity (Wildman–Crippen MR) is 56.8 cm³/mol. The Labute approximate surface area is 93.2 Å². The minimum atomic E-state index is -3.78. The van der Waals surface area contributed by atoms with E-state index >= 15 is 0 Å². The van der Waals surface area contributed by atoms with E-state index in [1.54, 1.807) is 4.72 Å². The molecule has 0 spiro atoms. The summed E-state index contributed by atoms with van der Waals surface area (Å²) in [6.45, 7) is 0. The van der Waals surface area contributed by atoms with Gasteiger partial charge in [0.15, 0.2) is 0 Å². The quantitative estimate of drug-likeness (QED) is 0.224. The second kappa shape index (κ2) is 6.95. The summed E-state index contributed by atoms with van der Waals surface area (Å²) in [4.78, 5) is 0. The van der Waals surface area contributed by atoms with Crippen molar-refractivity contribution >= 4 is 37.8 Å². The average Bonchev–Trinajstić information content (AvgIpc) is 1.77. The van der Waals surface area contributed by atoms with Gasteiger partial charge in [0.25, 0.3) is 20.3 Å². The Morgan fingerprint density at radius 1 is 1.47 bits per heavy atom. The number of nitrogens with one attached hydrogen (secondary N) is 2. The lowest BCUT2D eigenvalue weighted by atomic mass is 10.5. The normalized spacial score (nSPS) is 11.2. The third-order valence-electron chi connectivity index (χ3n) is 0.610. The van der Waals surface area contributed by atoms with Crippen molar-refractivity contribution in [2.45, 2.75) is 6.42 Å². The molecular weight excluding hydrogens is 270 g/mol. The number of rotatable bonds is 3. The van der Waals surface area contributed by atoms with Crippen LogP contribution in [0.1, 0.15) is 6.42 Å². The van der Waals surface area contributed by atoms with Crippen LogP contribution in [-0.2, 0) is 20.3 Å². The molecule has 0 aliphatic heterocycles. The largest absolute Gasteiger partial charge is 0.297 e. The van der Waals surface area contributed by atoms with Gasteiger partial charge in [-0.3, -0.25) is 14.7 Å². The predicted octanol–water partition coefficient (Wildman–Crippen LogP) is -1.11. The van der Waals surface area contributed by atoms with Gasteiger partial charge in [0.2, 0.25) is 0 Å². The first-order chi connectivity index (χ1) is 6.45. The summed E-state index contributed by atoms with van der Waals surface area (Å²) >= 11 is 5.21. The molecule has 0 atom stereocenters. The lowest BCUT2D eigenvalue weighted by Gasteiger charge is -2.01. The van der Waals surface area contributed by atoms with Gasteiger partial charge in [0, 0.05) is 12.3 Å². The van der Waals surface area contributed by atoms with E-state index < -0.39 is 20.3 Å². The molecule has 0 radical (unpaired) electrons. The van der Waals surface area contributed by atoms with Crippen LogP contribution in [-0.4, -0.2) is 39.4 Å². The highest BCUT2D eigenvalue weighted by atomic mass is 35.5. The zero-order chi connectivity index (χ0) is 12.7. The van der Waals surface area contributed by atoms with Crippen molar-refractivity contribution in [1.29, 1.82) is 5.41 Å². The van der Waals surface area contributed by atoms with Crippen molar-refractivity contribution in [3.8, 4) is 0 Å². The molecule has 0 aromatic rings. The molecule has 0 rings (SSSR count). The van der Waals surface area contributed by atoms with E-state index in [4.69, 9.17) is 21.6 Å². The summed E-state index contributed by atoms with van der Waals surface area (Å²) in [5, 5.41) is 11.4. The van der Waals surface area contributed by atoms with Gasteiger partial charge >= 0.3 is 0 Å². The van der Waals surface area contributed by atoms with Crippen molar-refractivity contribution < 1.29 is 21.4 Å². The molecule has 0 bridgehead atoms. The number of alkyl halides is 1. The zero-order valence-electron chi connectivity index (χ0n) is 7.77. The van der Waals surface area contributed by atoms with E-state index in [1.165, 1.54) is 0 Å². The van der Waals surface area contributed by atoms with Gasteiger partial charge in [-0.15, -0.1) is 11.6 Å². The van der Waals surface area contributed by atoms with Gasteiger partial charge in [-0.2, -0.15) is 16.8 Å². The molecule has 8 nitrogen and oxygen atoms in total. The molecule has 0 aromatic heterocycles. The van der Waals surface area contributed by atoms with E-state index in [2.05, 4.69) is 5.14 Å². The molecule has 0 aliphatic rings. The minimum absolute atomic E-state index is 0.165. The number of halogens is 1. The summed E-state index contributed by atoms with van der Waals surface area (Å²) in [6.07, 6.45) is 0.880. The summed E-state index contributed by atoms with van der Waals surface area (Å²) in [6, 6.07) is 0. The van der Waals surface area contributed by atoms with Crippen LogP contribution in [0, 0.1) is 5.41 Å². The van der Waals surface area contributed by atoms with Gasteiger partial charge < -0.3 is 0 Å². The third kappa shape index (κ3) is 31.7. The summed E-state index contributed by atoms with van der Waals surface area (Å²) in [5.41, 5.74) is 0. The van der Waals surface area contributed by atoms with E-state index in [1.807, 2.05) is 0 Å². The molecule has 0 unspecified atom stereocenters. The topological polar surface area (TPSA) is 150 Å². The molecule has 11 heteroatoms. The van der Waals surface area contributed by atoms with Gasteiger partial charge in [-0.1, -0.05) is 0 Å². The lowest BCUT2D eigenvalue weighted by Crippen LogP contribution is -2.35. The first-order valence-corrected chi connectivity index (χ1v) is 7.25. The highest BCUT2D eigenvalue weighted by Gasteiger charge is 2.02. The van der Waals surface area contributed by atoms with E-state index in [0.717, 1.165) is 0 Å². The molecule has 0 saturated heterocycles. The van der Waals surface area contributed by atoms with Crippen LogP contribution in [0.3, 0.4) is 0 Å². The number of hydrogen-bond donors (Lipinski definition) is 4. The standard InChI is InChI=1S/C3H8ClN3O2S.CH4O3S/c4-2-1-3(5)7-10(6,8)9;1-5(2,3)4/h1-2H2,(H2,5,7)(H2,6,8,9);1H3,(H,2,3,4). The Bertz CT molecular complexity index is 381. The summed E-state index contributed by atoms with van der Waals surface area (Å²) < 4.78 is 48.0. The minimum Gasteiger partial charge on any atom is -0.288 e. The monoisotopic (exact) mass is 281 g/mol. The van der Waals surface area contributed by atoms with Crippen molar-refractivity contribution in [1.82, 2.24) is 4.72 Å². The molecule has 0 aliphatic carbocycles. The highest BCUT2D eigenvalue weighted by Crippen LogP contribution is 1.84. The molecule has 92 valence electrons. The molecule has 0 fully saturated rings. The van der Waals surface area contributed by atoms with Crippen molar-refractivity contribution in [2.75, 3.05) is 12.1 Å². The third-order valence-corrected chi connectivity index (χ3v) is 1.33. The van der Waals surface area contributed by atoms with Crippen LogP contribution in [0.15, 0.2) is 0 Å². The fourth-order valence-electron chi connectivity index (χ4n) is 0.317. The maximum absolute atomic E-state index is 10.2. The van der Waals surface area contributed by atoms with Crippen LogP contribution in [0.2, 0.25) is 0 Å². The molecule has 5 N–H and O–H groups in total. The van der Waals surface area contributed by atoms with Gasteiger partial charge in [0.05, 0.1) is 6.26 Å². The Balaban J connectivity index is 0. The second-order valence-corrected chi connectivity index (χ2v) is 5.44. The maximum Gasteiger partial charge on any atom is 0.297 e. The van der Waals surface area contributed by atoms with Gasteiger partial charge in [0.1, 0.15) is 5.84 Å². The first-order valence-electron chi connectivity index (χ1n) is 3.32. The van der Waals surface area contributed by atoms with Gasteiger partial charge in [-0.05, 0) is 0 Å². The summed E-state index contributed by atoms with van der Waals surface area (Å²) in [5.74, 6) is -0.000972. The van der Waals surface area contributed by atoms with Gasteiger partial charge in [-0.25, -0.2) is 5.14 Å². The summed E-state index contributed by atoms with van der Waals surface area (Å²) in [7, 11) is -7.45. The Kier molecular flexibility index (Phi) is 7.88. The van der Waals surface area contributed by atoms with Crippen LogP contribution in [0.25, 0.3) is 0 Å². The first kappa shape index (κ1) is 17.0. The zero-order valence-corrected chi connectivity index (χ0v) is 10.2. The smallest absolute Gasteiger partial charge is 0.288 e. The highest BCUT2D eigenvalue weighted by molar-refractivity contribution is 7.87. The van der Waals surface area contributed by atoms with Crippen LogP contribution < -0.4 is 9.86 Å². The Morgan fingerprint density at radius 3 is 2.00 bits per heavy atom. The molecule has 0 aromatic carbocycles. The molecule has 0 saturated carbocycles. The Hall–Kier alpha value is -0.420.